The maximum Gasteiger partial charge on any atom is 0.268 e. The van der Waals surface area contributed by atoms with E-state index in [1.165, 1.54) is 0 Å². The highest BCUT2D eigenvalue weighted by molar-refractivity contribution is 6.30. The number of carbonyl (C=O) groups excluding carboxylic acids is 1. The van der Waals surface area contributed by atoms with E-state index in [1.54, 1.807) is 24.0 Å². The lowest BCUT2D eigenvalue weighted by molar-refractivity contribution is -0.125. The molecule has 0 saturated carbocycles. The molecule has 0 saturated heterocycles. The van der Waals surface area contributed by atoms with Gasteiger partial charge in [0.15, 0.2) is 6.10 Å². The van der Waals surface area contributed by atoms with Crippen molar-refractivity contribution in [2.45, 2.75) is 19.6 Å². The maximum atomic E-state index is 12.5. The Kier molecular flexibility index (Phi) is 3.89. The lowest BCUT2D eigenvalue weighted by atomic mass is 10.2. The second kappa shape index (κ2) is 6.22. The van der Waals surface area contributed by atoms with Gasteiger partial charge in [0.1, 0.15) is 12.3 Å². The van der Waals surface area contributed by atoms with E-state index >= 15 is 0 Å². The lowest BCUT2D eigenvalue weighted by Gasteiger charge is -2.31. The number of hydrogen-bond donors (Lipinski definition) is 0. The van der Waals surface area contributed by atoms with E-state index in [-0.39, 0.29) is 12.5 Å². The summed E-state index contributed by atoms with van der Waals surface area (Å²) in [6.07, 6.45) is -0.562. The molecule has 7 heteroatoms. The minimum absolute atomic E-state index is 0.148. The standard InChI is InChI=1S/C18H14ClN3O3/c1-11-18(23)22(14-4-2-3-5-15(14)24-11)10-16-20-17(21-25-16)12-6-8-13(19)9-7-12/h2-9,11H,10H2,1H3/t11-/m1/s1. The molecule has 1 amide bonds. The van der Waals surface area contributed by atoms with Crippen molar-refractivity contribution < 1.29 is 14.1 Å². The molecule has 1 aromatic heterocycles. The molecule has 0 unspecified atom stereocenters. The predicted molar refractivity (Wildman–Crippen MR) is 92.5 cm³/mol. The molecule has 0 aliphatic carbocycles. The molecular formula is C18H14ClN3O3. The van der Waals surface area contributed by atoms with Crippen molar-refractivity contribution in [2.75, 3.05) is 4.90 Å². The zero-order chi connectivity index (χ0) is 17.4. The molecule has 0 bridgehead atoms. The quantitative estimate of drug-likeness (QED) is 0.716. The summed E-state index contributed by atoms with van der Waals surface area (Å²) in [7, 11) is 0. The van der Waals surface area contributed by atoms with Crippen LogP contribution in [0, 0.1) is 0 Å². The third kappa shape index (κ3) is 2.96. The van der Waals surface area contributed by atoms with Gasteiger partial charge in [0.25, 0.3) is 5.91 Å². The Bertz CT molecular complexity index is 923. The van der Waals surface area contributed by atoms with Gasteiger partial charge in [-0.1, -0.05) is 28.9 Å². The Morgan fingerprint density at radius 2 is 1.92 bits per heavy atom. The van der Waals surface area contributed by atoms with Gasteiger partial charge in [-0.05, 0) is 43.3 Å². The number of halogens is 1. The zero-order valence-corrected chi connectivity index (χ0v) is 14.1. The van der Waals surface area contributed by atoms with Crippen molar-refractivity contribution in [2.24, 2.45) is 0 Å². The van der Waals surface area contributed by atoms with E-state index in [9.17, 15) is 4.79 Å². The van der Waals surface area contributed by atoms with E-state index in [4.69, 9.17) is 20.9 Å². The molecular weight excluding hydrogens is 342 g/mol. The van der Waals surface area contributed by atoms with Crippen LogP contribution in [0.25, 0.3) is 11.4 Å². The van der Waals surface area contributed by atoms with E-state index in [0.717, 1.165) is 5.56 Å². The van der Waals surface area contributed by atoms with Crippen LogP contribution in [-0.4, -0.2) is 22.2 Å². The average Bonchev–Trinajstić information content (AvgIpc) is 3.08. The normalized spacial score (nSPS) is 16.5. The third-order valence-corrected chi connectivity index (χ3v) is 4.19. The Morgan fingerprint density at radius 3 is 2.72 bits per heavy atom. The highest BCUT2D eigenvalue weighted by Crippen LogP contribution is 2.34. The maximum absolute atomic E-state index is 12.5. The topological polar surface area (TPSA) is 68.5 Å². The first kappa shape index (κ1) is 15.7. The fourth-order valence-electron chi connectivity index (χ4n) is 2.69. The molecule has 25 heavy (non-hydrogen) atoms. The summed E-state index contributed by atoms with van der Waals surface area (Å²) < 4.78 is 10.9. The van der Waals surface area contributed by atoms with Crippen LogP contribution in [0.5, 0.6) is 5.75 Å². The summed E-state index contributed by atoms with van der Waals surface area (Å²) in [6, 6.07) is 14.5. The number of hydrogen-bond acceptors (Lipinski definition) is 5. The first-order valence-corrected chi connectivity index (χ1v) is 8.15. The highest BCUT2D eigenvalue weighted by atomic mass is 35.5. The Morgan fingerprint density at radius 1 is 1.16 bits per heavy atom. The molecule has 126 valence electrons. The van der Waals surface area contributed by atoms with Crippen molar-refractivity contribution in [3.05, 3.63) is 59.4 Å². The van der Waals surface area contributed by atoms with Crippen LogP contribution < -0.4 is 9.64 Å². The van der Waals surface area contributed by atoms with Crippen molar-refractivity contribution in [3.63, 3.8) is 0 Å². The van der Waals surface area contributed by atoms with Crippen LogP contribution in [-0.2, 0) is 11.3 Å². The van der Waals surface area contributed by atoms with Crippen molar-refractivity contribution >= 4 is 23.2 Å². The number of amides is 1. The van der Waals surface area contributed by atoms with Gasteiger partial charge in [-0.3, -0.25) is 9.69 Å². The van der Waals surface area contributed by atoms with Gasteiger partial charge in [-0.15, -0.1) is 0 Å². The predicted octanol–water partition coefficient (Wildman–Crippen LogP) is 3.70. The Balaban J connectivity index is 1.62. The second-order valence-electron chi connectivity index (χ2n) is 5.67. The first-order valence-electron chi connectivity index (χ1n) is 7.77. The third-order valence-electron chi connectivity index (χ3n) is 3.94. The van der Waals surface area contributed by atoms with Gasteiger partial charge in [-0.2, -0.15) is 4.98 Å². The number of para-hydroxylation sites is 2. The van der Waals surface area contributed by atoms with Crippen LogP contribution in [0.15, 0.2) is 53.1 Å². The summed E-state index contributed by atoms with van der Waals surface area (Å²) in [6.45, 7) is 1.91. The molecule has 0 spiro atoms. The van der Waals surface area contributed by atoms with Crippen LogP contribution in [0.1, 0.15) is 12.8 Å². The number of benzene rings is 2. The SMILES string of the molecule is C[C@H]1Oc2ccccc2N(Cc2nc(-c3ccc(Cl)cc3)no2)C1=O. The monoisotopic (exact) mass is 355 g/mol. The molecule has 1 aliphatic heterocycles. The number of rotatable bonds is 3. The van der Waals surface area contributed by atoms with Gasteiger partial charge in [-0.25, -0.2) is 0 Å². The fraction of sp³-hybridized carbons (Fsp3) is 0.167. The highest BCUT2D eigenvalue weighted by Gasteiger charge is 2.32. The van der Waals surface area contributed by atoms with Gasteiger partial charge in [0, 0.05) is 10.6 Å². The van der Waals surface area contributed by atoms with Gasteiger partial charge < -0.3 is 9.26 Å². The first-order chi connectivity index (χ1) is 12.1. The van der Waals surface area contributed by atoms with E-state index in [2.05, 4.69) is 10.1 Å². The van der Waals surface area contributed by atoms with E-state index in [0.29, 0.717) is 28.2 Å². The molecule has 0 fully saturated rings. The lowest BCUT2D eigenvalue weighted by Crippen LogP contribution is -2.44. The van der Waals surface area contributed by atoms with Crippen LogP contribution in [0.2, 0.25) is 5.02 Å². The Labute approximate surface area is 149 Å². The van der Waals surface area contributed by atoms with E-state index in [1.807, 2.05) is 36.4 Å². The second-order valence-corrected chi connectivity index (χ2v) is 6.11. The van der Waals surface area contributed by atoms with Crippen molar-refractivity contribution in [1.82, 2.24) is 10.1 Å². The molecule has 6 nitrogen and oxygen atoms in total. The number of carbonyl (C=O) groups is 1. The number of aromatic nitrogens is 2. The molecule has 0 radical (unpaired) electrons. The largest absolute Gasteiger partial charge is 0.479 e. The summed E-state index contributed by atoms with van der Waals surface area (Å²) in [5.74, 6) is 1.31. The summed E-state index contributed by atoms with van der Waals surface area (Å²) in [4.78, 5) is 18.5. The number of fused-ring (bicyclic) bond motifs is 1. The van der Waals surface area contributed by atoms with Gasteiger partial charge in [0.05, 0.1) is 5.69 Å². The molecule has 1 atom stereocenters. The minimum atomic E-state index is -0.562. The number of ether oxygens (including phenoxy) is 1. The fourth-order valence-corrected chi connectivity index (χ4v) is 2.82. The molecule has 2 heterocycles. The van der Waals surface area contributed by atoms with Gasteiger partial charge >= 0.3 is 0 Å². The van der Waals surface area contributed by atoms with Crippen molar-refractivity contribution in [1.29, 1.82) is 0 Å². The van der Waals surface area contributed by atoms with Crippen molar-refractivity contribution in [3.8, 4) is 17.1 Å². The minimum Gasteiger partial charge on any atom is -0.479 e. The van der Waals surface area contributed by atoms with Crippen LogP contribution >= 0.6 is 11.6 Å². The summed E-state index contributed by atoms with van der Waals surface area (Å²) >= 11 is 5.89. The smallest absolute Gasteiger partial charge is 0.268 e. The van der Waals surface area contributed by atoms with Crippen LogP contribution in [0.4, 0.5) is 5.69 Å². The zero-order valence-electron chi connectivity index (χ0n) is 13.3. The molecule has 3 aromatic rings. The Hall–Kier alpha value is -2.86. The molecule has 4 rings (SSSR count). The molecule has 1 aliphatic rings. The molecule has 0 N–H and O–H groups in total. The number of nitrogens with zero attached hydrogens (tertiary/aromatic N) is 3. The van der Waals surface area contributed by atoms with Gasteiger partial charge in [0.2, 0.25) is 11.7 Å². The average molecular weight is 356 g/mol. The van der Waals surface area contributed by atoms with E-state index < -0.39 is 6.10 Å². The summed E-state index contributed by atoms with van der Waals surface area (Å²) in [5, 5.41) is 4.62. The molecule has 2 aromatic carbocycles. The van der Waals surface area contributed by atoms with Crippen LogP contribution in [0.3, 0.4) is 0 Å². The summed E-state index contributed by atoms with van der Waals surface area (Å²) in [5.41, 5.74) is 1.48. The number of anilines is 1.